The molecule has 98 valence electrons. The molecule has 0 saturated heterocycles. The number of nitrogens with one attached hydrogen (secondary N) is 1. The second-order valence-electron chi connectivity index (χ2n) is 4.17. The van der Waals surface area contributed by atoms with Gasteiger partial charge in [-0.1, -0.05) is 6.07 Å². The fraction of sp³-hybridized carbons (Fsp3) is 0.0714. The summed E-state index contributed by atoms with van der Waals surface area (Å²) in [6.45, 7) is 1.74. The van der Waals surface area contributed by atoms with E-state index < -0.39 is 17.5 Å². The minimum absolute atomic E-state index is 0.0271. The van der Waals surface area contributed by atoms with Crippen LogP contribution in [0.15, 0.2) is 36.4 Å². The fourth-order valence-electron chi connectivity index (χ4n) is 1.64. The third-order valence-electron chi connectivity index (χ3n) is 2.63. The molecule has 0 unspecified atom stereocenters. The minimum atomic E-state index is -0.653. The van der Waals surface area contributed by atoms with E-state index in [0.717, 1.165) is 17.7 Å². The first-order valence-corrected chi connectivity index (χ1v) is 5.60. The highest BCUT2D eigenvalue weighted by atomic mass is 19.1. The van der Waals surface area contributed by atoms with Crippen molar-refractivity contribution < 1.29 is 13.6 Å². The molecular weight excluding hydrogens is 250 g/mol. The first kappa shape index (κ1) is 13.0. The second-order valence-corrected chi connectivity index (χ2v) is 4.17. The Bertz CT molecular complexity index is 641. The Balaban J connectivity index is 2.28. The quantitative estimate of drug-likeness (QED) is 0.817. The van der Waals surface area contributed by atoms with Gasteiger partial charge in [0.05, 0.1) is 11.3 Å². The van der Waals surface area contributed by atoms with Crippen molar-refractivity contribution in [2.24, 2.45) is 0 Å². The molecule has 0 aliphatic heterocycles. The predicted octanol–water partition coefficient (Wildman–Crippen LogP) is 3.11. The number of benzene rings is 2. The van der Waals surface area contributed by atoms with Crippen LogP contribution in [-0.4, -0.2) is 5.91 Å². The predicted molar refractivity (Wildman–Crippen MR) is 69.9 cm³/mol. The summed E-state index contributed by atoms with van der Waals surface area (Å²) in [6.07, 6.45) is 0. The standard InChI is InChI=1S/C14H12F2N2O/c1-8-2-5-13(11(16)6-8)18-14(19)10-7-9(15)3-4-12(10)17/h2-7H,17H2,1H3,(H,18,19). The number of carbonyl (C=O) groups is 1. The van der Waals surface area contributed by atoms with Gasteiger partial charge < -0.3 is 11.1 Å². The van der Waals surface area contributed by atoms with Crippen molar-refractivity contribution in [2.75, 3.05) is 11.1 Å². The number of hydrogen-bond donors (Lipinski definition) is 2. The van der Waals surface area contributed by atoms with Crippen molar-refractivity contribution in [3.8, 4) is 0 Å². The lowest BCUT2D eigenvalue weighted by Gasteiger charge is -2.09. The van der Waals surface area contributed by atoms with E-state index in [4.69, 9.17) is 5.73 Å². The first-order chi connectivity index (χ1) is 8.97. The third kappa shape index (κ3) is 2.88. The molecule has 0 saturated carbocycles. The summed E-state index contributed by atoms with van der Waals surface area (Å²) in [5, 5.41) is 2.36. The number of carbonyl (C=O) groups excluding carboxylic acids is 1. The number of hydrogen-bond acceptors (Lipinski definition) is 2. The topological polar surface area (TPSA) is 55.1 Å². The van der Waals surface area contributed by atoms with E-state index in [-0.39, 0.29) is 16.9 Å². The van der Waals surface area contributed by atoms with Crippen molar-refractivity contribution in [1.82, 2.24) is 0 Å². The minimum Gasteiger partial charge on any atom is -0.398 e. The zero-order chi connectivity index (χ0) is 14.0. The van der Waals surface area contributed by atoms with Crippen LogP contribution >= 0.6 is 0 Å². The lowest BCUT2D eigenvalue weighted by atomic mass is 10.1. The Morgan fingerprint density at radius 2 is 1.89 bits per heavy atom. The van der Waals surface area contributed by atoms with Crippen LogP contribution in [0.25, 0.3) is 0 Å². The zero-order valence-corrected chi connectivity index (χ0v) is 10.2. The van der Waals surface area contributed by atoms with Gasteiger partial charge in [-0.3, -0.25) is 4.79 Å². The van der Waals surface area contributed by atoms with Crippen molar-refractivity contribution in [3.63, 3.8) is 0 Å². The van der Waals surface area contributed by atoms with Crippen molar-refractivity contribution in [3.05, 3.63) is 59.2 Å². The van der Waals surface area contributed by atoms with Crippen LogP contribution in [0.1, 0.15) is 15.9 Å². The number of amides is 1. The fourth-order valence-corrected chi connectivity index (χ4v) is 1.64. The van der Waals surface area contributed by atoms with E-state index in [1.165, 1.54) is 18.2 Å². The van der Waals surface area contributed by atoms with Gasteiger partial charge in [0.2, 0.25) is 0 Å². The maximum atomic E-state index is 13.6. The van der Waals surface area contributed by atoms with Gasteiger partial charge in [-0.2, -0.15) is 0 Å². The Kier molecular flexibility index (Phi) is 3.46. The van der Waals surface area contributed by atoms with Gasteiger partial charge in [-0.05, 0) is 42.8 Å². The van der Waals surface area contributed by atoms with E-state index in [2.05, 4.69) is 5.32 Å². The average molecular weight is 262 g/mol. The van der Waals surface area contributed by atoms with Crippen LogP contribution in [0.3, 0.4) is 0 Å². The summed E-state index contributed by atoms with van der Waals surface area (Å²) < 4.78 is 26.7. The second kappa shape index (κ2) is 5.06. The highest BCUT2D eigenvalue weighted by molar-refractivity contribution is 6.07. The molecule has 0 heterocycles. The molecule has 2 aromatic rings. The molecule has 19 heavy (non-hydrogen) atoms. The van der Waals surface area contributed by atoms with Gasteiger partial charge in [0.15, 0.2) is 0 Å². The number of anilines is 2. The lowest BCUT2D eigenvalue weighted by molar-refractivity contribution is 0.102. The maximum absolute atomic E-state index is 13.6. The molecule has 0 bridgehead atoms. The van der Waals surface area contributed by atoms with E-state index in [9.17, 15) is 13.6 Å². The molecule has 0 aromatic heterocycles. The van der Waals surface area contributed by atoms with E-state index >= 15 is 0 Å². The van der Waals surface area contributed by atoms with E-state index in [1.54, 1.807) is 13.0 Å². The molecule has 0 radical (unpaired) electrons. The molecule has 0 aliphatic carbocycles. The number of halogens is 2. The number of rotatable bonds is 2. The van der Waals surface area contributed by atoms with Crippen LogP contribution in [0.5, 0.6) is 0 Å². The highest BCUT2D eigenvalue weighted by Crippen LogP contribution is 2.19. The van der Waals surface area contributed by atoms with Crippen LogP contribution < -0.4 is 11.1 Å². The van der Waals surface area contributed by atoms with Gasteiger partial charge in [-0.25, -0.2) is 8.78 Å². The molecule has 0 fully saturated rings. The van der Waals surface area contributed by atoms with Crippen LogP contribution in [0, 0.1) is 18.6 Å². The number of nitrogen functional groups attached to an aromatic ring is 1. The highest BCUT2D eigenvalue weighted by Gasteiger charge is 2.13. The molecule has 0 aliphatic rings. The summed E-state index contributed by atoms with van der Waals surface area (Å²) in [5.41, 5.74) is 6.45. The molecule has 0 spiro atoms. The zero-order valence-electron chi connectivity index (χ0n) is 10.2. The Hall–Kier alpha value is -2.43. The molecule has 5 heteroatoms. The van der Waals surface area contributed by atoms with Gasteiger partial charge in [0.1, 0.15) is 11.6 Å². The number of aryl methyl sites for hydroxylation is 1. The van der Waals surface area contributed by atoms with Crippen LogP contribution in [0.2, 0.25) is 0 Å². The van der Waals surface area contributed by atoms with E-state index in [1.807, 2.05) is 0 Å². The molecular formula is C14H12F2N2O. The molecule has 2 aromatic carbocycles. The monoisotopic (exact) mass is 262 g/mol. The lowest BCUT2D eigenvalue weighted by Crippen LogP contribution is -2.15. The maximum Gasteiger partial charge on any atom is 0.257 e. The summed E-state index contributed by atoms with van der Waals surface area (Å²) in [5.74, 6) is -1.79. The summed E-state index contributed by atoms with van der Waals surface area (Å²) in [7, 11) is 0. The van der Waals surface area contributed by atoms with Crippen LogP contribution in [-0.2, 0) is 0 Å². The van der Waals surface area contributed by atoms with Gasteiger partial charge >= 0.3 is 0 Å². The molecule has 2 rings (SSSR count). The largest absolute Gasteiger partial charge is 0.398 e. The summed E-state index contributed by atoms with van der Waals surface area (Å²) in [4.78, 5) is 11.9. The molecule has 1 amide bonds. The number of nitrogens with two attached hydrogens (primary N) is 1. The van der Waals surface area contributed by atoms with Crippen LogP contribution in [0.4, 0.5) is 20.2 Å². The van der Waals surface area contributed by atoms with Crippen molar-refractivity contribution in [2.45, 2.75) is 6.92 Å². The van der Waals surface area contributed by atoms with E-state index in [0.29, 0.717) is 0 Å². The first-order valence-electron chi connectivity index (χ1n) is 5.60. The Morgan fingerprint density at radius 3 is 2.58 bits per heavy atom. The molecule has 0 atom stereocenters. The van der Waals surface area contributed by atoms with Crippen molar-refractivity contribution >= 4 is 17.3 Å². The van der Waals surface area contributed by atoms with Gasteiger partial charge in [0, 0.05) is 5.69 Å². The smallest absolute Gasteiger partial charge is 0.257 e. The summed E-state index contributed by atoms with van der Waals surface area (Å²) in [6, 6.07) is 7.85. The average Bonchev–Trinajstić information content (AvgIpc) is 2.35. The summed E-state index contributed by atoms with van der Waals surface area (Å²) >= 11 is 0. The Morgan fingerprint density at radius 1 is 1.16 bits per heavy atom. The normalized spacial score (nSPS) is 10.3. The molecule has 3 N–H and O–H groups in total. The molecule has 3 nitrogen and oxygen atoms in total. The SMILES string of the molecule is Cc1ccc(NC(=O)c2cc(F)ccc2N)c(F)c1. The van der Waals surface area contributed by atoms with Gasteiger partial charge in [-0.15, -0.1) is 0 Å². The Labute approximate surface area is 109 Å². The van der Waals surface area contributed by atoms with Crippen molar-refractivity contribution in [1.29, 1.82) is 0 Å². The van der Waals surface area contributed by atoms with Gasteiger partial charge in [0.25, 0.3) is 5.91 Å². The third-order valence-corrected chi connectivity index (χ3v) is 2.63.